The molecule has 0 spiro atoms. The van der Waals surface area contributed by atoms with Gasteiger partial charge in [0, 0.05) is 18.6 Å². The summed E-state index contributed by atoms with van der Waals surface area (Å²) in [6.45, 7) is 2.83. The van der Waals surface area contributed by atoms with Crippen LogP contribution in [0.1, 0.15) is 20.3 Å². The molecule has 0 bridgehead atoms. The fourth-order valence-electron chi connectivity index (χ4n) is 1.19. The van der Waals surface area contributed by atoms with Gasteiger partial charge in [-0.1, -0.05) is 13.8 Å². The molecule has 0 aliphatic rings. The minimum absolute atomic E-state index is 0.144. The molecule has 5 heteroatoms. The second-order valence-corrected chi connectivity index (χ2v) is 3.13. The maximum atomic E-state index is 10.8. The predicted octanol–water partition coefficient (Wildman–Crippen LogP) is 0.491. The SMILES string of the molecule is CC(C)/C(C(=O)O)=C(/CCO)C(=O)O. The van der Waals surface area contributed by atoms with Gasteiger partial charge in [-0.15, -0.1) is 0 Å². The highest BCUT2D eigenvalue weighted by atomic mass is 16.4. The summed E-state index contributed by atoms with van der Waals surface area (Å²) in [5.74, 6) is -2.92. The van der Waals surface area contributed by atoms with E-state index in [0.29, 0.717) is 0 Å². The summed E-state index contributed by atoms with van der Waals surface area (Å²) in [7, 11) is 0. The van der Waals surface area contributed by atoms with Crippen molar-refractivity contribution >= 4 is 11.9 Å². The molecule has 0 aliphatic heterocycles. The van der Waals surface area contributed by atoms with Gasteiger partial charge in [-0.2, -0.15) is 0 Å². The Morgan fingerprint density at radius 3 is 1.86 bits per heavy atom. The molecule has 0 aromatic rings. The van der Waals surface area contributed by atoms with Gasteiger partial charge in [0.05, 0.1) is 5.57 Å². The third-order valence-electron chi connectivity index (χ3n) is 1.75. The maximum Gasteiger partial charge on any atom is 0.332 e. The molecule has 0 aromatic carbocycles. The average molecular weight is 202 g/mol. The lowest BCUT2D eigenvalue weighted by Crippen LogP contribution is -2.16. The number of hydrogen-bond acceptors (Lipinski definition) is 3. The Morgan fingerprint density at radius 1 is 1.14 bits per heavy atom. The molecule has 0 atom stereocenters. The molecule has 0 heterocycles. The summed E-state index contributed by atoms with van der Waals surface area (Å²) < 4.78 is 0. The Kier molecular flexibility index (Phi) is 4.86. The Hall–Kier alpha value is -1.36. The van der Waals surface area contributed by atoms with Crippen LogP contribution in [0.25, 0.3) is 0 Å². The molecule has 5 nitrogen and oxygen atoms in total. The summed E-state index contributed by atoms with van der Waals surface area (Å²) in [5, 5.41) is 26.1. The number of carboxylic acid groups (broad SMARTS) is 2. The summed E-state index contributed by atoms with van der Waals surface area (Å²) in [5.41, 5.74) is -0.374. The maximum absolute atomic E-state index is 10.8. The van der Waals surface area contributed by atoms with E-state index in [1.54, 1.807) is 13.8 Å². The van der Waals surface area contributed by atoms with Crippen LogP contribution >= 0.6 is 0 Å². The highest BCUT2D eigenvalue weighted by molar-refractivity contribution is 5.99. The smallest absolute Gasteiger partial charge is 0.332 e. The van der Waals surface area contributed by atoms with Gasteiger partial charge in [0.1, 0.15) is 0 Å². The minimum Gasteiger partial charge on any atom is -0.478 e. The molecular formula is C9H14O5. The van der Waals surface area contributed by atoms with Crippen LogP contribution < -0.4 is 0 Å². The van der Waals surface area contributed by atoms with E-state index in [0.717, 1.165) is 0 Å². The van der Waals surface area contributed by atoms with Crippen molar-refractivity contribution in [3.63, 3.8) is 0 Å². The lowest BCUT2D eigenvalue weighted by atomic mass is 9.95. The van der Waals surface area contributed by atoms with Crippen LogP contribution in [0.15, 0.2) is 11.1 Å². The molecule has 0 radical (unpaired) electrons. The molecule has 3 N–H and O–H groups in total. The highest BCUT2D eigenvalue weighted by Crippen LogP contribution is 2.18. The van der Waals surface area contributed by atoms with Gasteiger partial charge in [0.2, 0.25) is 0 Å². The second-order valence-electron chi connectivity index (χ2n) is 3.13. The zero-order valence-corrected chi connectivity index (χ0v) is 8.15. The number of hydrogen-bond donors (Lipinski definition) is 3. The summed E-state index contributed by atoms with van der Waals surface area (Å²) >= 11 is 0. The van der Waals surface area contributed by atoms with Crippen LogP contribution in [0.5, 0.6) is 0 Å². The molecule has 14 heavy (non-hydrogen) atoms. The predicted molar refractivity (Wildman–Crippen MR) is 48.8 cm³/mol. The topological polar surface area (TPSA) is 94.8 Å². The van der Waals surface area contributed by atoms with E-state index in [2.05, 4.69) is 0 Å². The van der Waals surface area contributed by atoms with E-state index in [4.69, 9.17) is 15.3 Å². The van der Waals surface area contributed by atoms with E-state index >= 15 is 0 Å². The van der Waals surface area contributed by atoms with Crippen LogP contribution in [0.4, 0.5) is 0 Å². The Labute approximate surface area is 81.7 Å². The average Bonchev–Trinajstić information content (AvgIpc) is 2.01. The van der Waals surface area contributed by atoms with Gasteiger partial charge in [-0.3, -0.25) is 0 Å². The molecule has 0 rings (SSSR count). The first-order chi connectivity index (χ1) is 6.41. The number of carboxylic acids is 2. The van der Waals surface area contributed by atoms with Crippen LogP contribution in [0.3, 0.4) is 0 Å². The van der Waals surface area contributed by atoms with Gasteiger partial charge in [0.15, 0.2) is 0 Å². The third kappa shape index (κ3) is 3.18. The van der Waals surface area contributed by atoms with Crippen molar-refractivity contribution in [2.45, 2.75) is 20.3 Å². The first-order valence-corrected chi connectivity index (χ1v) is 4.22. The monoisotopic (exact) mass is 202 g/mol. The largest absolute Gasteiger partial charge is 0.478 e. The van der Waals surface area contributed by atoms with Crippen molar-refractivity contribution in [3.8, 4) is 0 Å². The molecule has 0 unspecified atom stereocenters. The van der Waals surface area contributed by atoms with Gasteiger partial charge in [-0.05, 0) is 5.92 Å². The number of aliphatic hydroxyl groups is 1. The van der Waals surface area contributed by atoms with Crippen molar-refractivity contribution in [1.29, 1.82) is 0 Å². The summed E-state index contributed by atoms with van der Waals surface area (Å²) in [6.07, 6.45) is -0.144. The molecule has 80 valence electrons. The molecule has 0 amide bonds. The van der Waals surface area contributed by atoms with E-state index in [-0.39, 0.29) is 30.1 Å². The first kappa shape index (κ1) is 12.6. The molecule has 0 aromatic heterocycles. The van der Waals surface area contributed by atoms with Crippen molar-refractivity contribution in [2.24, 2.45) is 5.92 Å². The molecule has 0 saturated heterocycles. The summed E-state index contributed by atoms with van der Waals surface area (Å²) in [4.78, 5) is 21.5. The zero-order valence-electron chi connectivity index (χ0n) is 8.15. The van der Waals surface area contributed by atoms with Crippen LogP contribution in [0, 0.1) is 5.92 Å². The zero-order chi connectivity index (χ0) is 11.3. The quantitative estimate of drug-likeness (QED) is 0.564. The van der Waals surface area contributed by atoms with E-state index in [9.17, 15) is 9.59 Å². The van der Waals surface area contributed by atoms with Gasteiger partial charge < -0.3 is 15.3 Å². The van der Waals surface area contributed by atoms with E-state index in [1.807, 2.05) is 0 Å². The first-order valence-electron chi connectivity index (χ1n) is 4.22. The van der Waals surface area contributed by atoms with Crippen LogP contribution in [-0.4, -0.2) is 33.9 Å². The van der Waals surface area contributed by atoms with Crippen molar-refractivity contribution in [1.82, 2.24) is 0 Å². The number of rotatable bonds is 5. The van der Waals surface area contributed by atoms with Crippen molar-refractivity contribution in [3.05, 3.63) is 11.1 Å². The van der Waals surface area contributed by atoms with Crippen molar-refractivity contribution < 1.29 is 24.9 Å². The standard InChI is InChI=1S/C9H14O5/c1-5(2)7(9(13)14)6(3-4-10)8(11)12/h5,10H,3-4H2,1-2H3,(H,11,12)(H,13,14)/b7-6+. The summed E-state index contributed by atoms with van der Waals surface area (Å²) in [6, 6.07) is 0. The number of carbonyl (C=O) groups is 2. The number of aliphatic carboxylic acids is 2. The number of aliphatic hydroxyl groups excluding tert-OH is 1. The van der Waals surface area contributed by atoms with Gasteiger partial charge in [0.25, 0.3) is 0 Å². The van der Waals surface area contributed by atoms with Crippen LogP contribution in [-0.2, 0) is 9.59 Å². The lowest BCUT2D eigenvalue weighted by molar-refractivity contribution is -0.136. The molecule has 0 aliphatic carbocycles. The third-order valence-corrected chi connectivity index (χ3v) is 1.75. The molecular weight excluding hydrogens is 188 g/mol. The molecule has 0 saturated carbocycles. The molecule has 0 fully saturated rings. The Balaban J connectivity index is 5.26. The van der Waals surface area contributed by atoms with E-state index < -0.39 is 11.9 Å². The Morgan fingerprint density at radius 2 is 1.64 bits per heavy atom. The van der Waals surface area contributed by atoms with Gasteiger partial charge >= 0.3 is 11.9 Å². The normalized spacial score (nSPS) is 12.6. The Bertz CT molecular complexity index is 264. The highest BCUT2D eigenvalue weighted by Gasteiger charge is 2.21. The fraction of sp³-hybridized carbons (Fsp3) is 0.556. The van der Waals surface area contributed by atoms with Gasteiger partial charge in [-0.25, -0.2) is 9.59 Å². The van der Waals surface area contributed by atoms with Crippen LogP contribution in [0.2, 0.25) is 0 Å². The van der Waals surface area contributed by atoms with E-state index in [1.165, 1.54) is 0 Å². The fourth-order valence-corrected chi connectivity index (χ4v) is 1.19. The lowest BCUT2D eigenvalue weighted by Gasteiger charge is -2.10. The second kappa shape index (κ2) is 5.39. The minimum atomic E-state index is -1.29. The van der Waals surface area contributed by atoms with Crippen molar-refractivity contribution in [2.75, 3.05) is 6.61 Å².